The first-order valence-electron chi connectivity index (χ1n) is 8.07. The number of benzene rings is 2. The van der Waals surface area contributed by atoms with Gasteiger partial charge < -0.3 is 14.5 Å². The number of methoxy groups -OCH3 is 1. The van der Waals surface area contributed by atoms with Crippen molar-refractivity contribution in [3.05, 3.63) is 77.7 Å². The summed E-state index contributed by atoms with van der Waals surface area (Å²) >= 11 is 0. The Morgan fingerprint density at radius 3 is 2.56 bits per heavy atom. The van der Waals surface area contributed by atoms with Gasteiger partial charge in [0.05, 0.1) is 18.4 Å². The molecule has 0 fully saturated rings. The first-order valence-corrected chi connectivity index (χ1v) is 8.07. The highest BCUT2D eigenvalue weighted by Gasteiger charge is 2.36. The summed E-state index contributed by atoms with van der Waals surface area (Å²) in [6.45, 7) is 1.88. The van der Waals surface area contributed by atoms with E-state index in [9.17, 15) is 4.79 Å². The molecule has 0 bridgehead atoms. The maximum absolute atomic E-state index is 13.3. The molecular formula is C20H18N2O3. The second kappa shape index (κ2) is 6.02. The molecule has 3 aromatic rings. The maximum Gasteiger partial charge on any atom is 0.262 e. The van der Waals surface area contributed by atoms with Gasteiger partial charge in [-0.05, 0) is 43.3 Å². The molecule has 0 saturated heterocycles. The zero-order valence-electron chi connectivity index (χ0n) is 14.0. The van der Waals surface area contributed by atoms with Crippen molar-refractivity contribution in [2.45, 2.75) is 13.1 Å². The summed E-state index contributed by atoms with van der Waals surface area (Å²) in [6, 6.07) is 18.7. The summed E-state index contributed by atoms with van der Waals surface area (Å²) in [5.74, 6) is 2.00. The minimum Gasteiger partial charge on any atom is -0.495 e. The quantitative estimate of drug-likeness (QED) is 0.773. The minimum atomic E-state index is -0.451. The number of nitrogens with one attached hydrogen (secondary N) is 1. The Balaban J connectivity index is 1.89. The lowest BCUT2D eigenvalue weighted by molar-refractivity contribution is 0.0971. The first-order chi connectivity index (χ1) is 12.2. The molecule has 1 atom stereocenters. The van der Waals surface area contributed by atoms with Crippen LogP contribution in [0.2, 0.25) is 0 Å². The summed E-state index contributed by atoms with van der Waals surface area (Å²) in [5.41, 5.74) is 2.10. The number of nitrogens with zero attached hydrogens (tertiary/aromatic N) is 1. The molecule has 1 aliphatic rings. The molecular weight excluding hydrogens is 316 g/mol. The third-order valence-electron chi connectivity index (χ3n) is 4.30. The molecule has 1 N–H and O–H groups in total. The van der Waals surface area contributed by atoms with Gasteiger partial charge in [-0.1, -0.05) is 24.3 Å². The van der Waals surface area contributed by atoms with Gasteiger partial charge in [0.15, 0.2) is 6.17 Å². The number of hydrogen-bond donors (Lipinski definition) is 1. The number of amides is 1. The monoisotopic (exact) mass is 334 g/mol. The van der Waals surface area contributed by atoms with Crippen LogP contribution in [0.1, 0.15) is 28.0 Å². The van der Waals surface area contributed by atoms with Crippen molar-refractivity contribution in [2.24, 2.45) is 0 Å². The maximum atomic E-state index is 13.3. The van der Waals surface area contributed by atoms with Crippen LogP contribution in [0.25, 0.3) is 0 Å². The van der Waals surface area contributed by atoms with E-state index in [4.69, 9.17) is 9.15 Å². The molecule has 0 aliphatic carbocycles. The van der Waals surface area contributed by atoms with Crippen molar-refractivity contribution >= 4 is 17.3 Å². The summed E-state index contributed by atoms with van der Waals surface area (Å²) in [5, 5.41) is 3.41. The van der Waals surface area contributed by atoms with Crippen LogP contribution in [-0.4, -0.2) is 13.0 Å². The standard InChI is InChI=1S/C20H18N2O3/c1-13-11-12-18(25-13)19-21-15-8-4-3-7-14(15)20(23)22(19)16-9-5-6-10-17(16)24-2/h3-12,19,21H,1-2H3/t19-/m0/s1. The smallest absolute Gasteiger partial charge is 0.262 e. The number of fused-ring (bicyclic) bond motifs is 1. The average Bonchev–Trinajstić information content (AvgIpc) is 3.08. The minimum absolute atomic E-state index is 0.0992. The average molecular weight is 334 g/mol. The largest absolute Gasteiger partial charge is 0.495 e. The van der Waals surface area contributed by atoms with Crippen LogP contribution in [-0.2, 0) is 0 Å². The zero-order chi connectivity index (χ0) is 17.4. The number of para-hydroxylation sites is 3. The van der Waals surface area contributed by atoms with E-state index >= 15 is 0 Å². The van der Waals surface area contributed by atoms with Crippen molar-refractivity contribution in [1.29, 1.82) is 0 Å². The summed E-state index contributed by atoms with van der Waals surface area (Å²) < 4.78 is 11.3. The number of aryl methyl sites for hydroxylation is 1. The van der Waals surface area contributed by atoms with E-state index < -0.39 is 6.17 Å². The van der Waals surface area contributed by atoms with Crippen molar-refractivity contribution in [2.75, 3.05) is 17.3 Å². The fraction of sp³-hybridized carbons (Fsp3) is 0.150. The molecule has 1 aromatic heterocycles. The van der Waals surface area contributed by atoms with Crippen LogP contribution in [0, 0.1) is 6.92 Å². The molecule has 4 rings (SSSR count). The molecule has 5 heteroatoms. The Labute approximate surface area is 145 Å². The molecule has 1 amide bonds. The number of carbonyl (C=O) groups is 1. The van der Waals surface area contributed by atoms with E-state index in [1.165, 1.54) is 0 Å². The van der Waals surface area contributed by atoms with Gasteiger partial charge in [0, 0.05) is 5.69 Å². The number of hydrogen-bond acceptors (Lipinski definition) is 4. The second-order valence-electron chi connectivity index (χ2n) is 5.89. The molecule has 2 aromatic carbocycles. The SMILES string of the molecule is COc1ccccc1N1C(=O)c2ccccc2N[C@@H]1c1ccc(C)o1. The molecule has 2 heterocycles. The van der Waals surface area contributed by atoms with E-state index in [1.54, 1.807) is 12.0 Å². The molecule has 1 aliphatic heterocycles. The zero-order valence-corrected chi connectivity index (χ0v) is 14.0. The molecule has 5 nitrogen and oxygen atoms in total. The molecule has 0 radical (unpaired) electrons. The van der Waals surface area contributed by atoms with Gasteiger partial charge in [0.1, 0.15) is 17.3 Å². The summed E-state index contributed by atoms with van der Waals surface area (Å²) in [7, 11) is 1.60. The highest BCUT2D eigenvalue weighted by Crippen LogP contribution is 2.40. The Morgan fingerprint density at radius 2 is 1.80 bits per heavy atom. The predicted molar refractivity (Wildman–Crippen MR) is 96.1 cm³/mol. The summed E-state index contributed by atoms with van der Waals surface area (Å²) in [4.78, 5) is 14.9. The number of rotatable bonds is 3. The van der Waals surface area contributed by atoms with Crippen molar-refractivity contribution in [3.8, 4) is 5.75 Å². The Kier molecular flexibility index (Phi) is 3.69. The Morgan fingerprint density at radius 1 is 1.04 bits per heavy atom. The summed E-state index contributed by atoms with van der Waals surface area (Å²) in [6.07, 6.45) is -0.451. The van der Waals surface area contributed by atoms with Gasteiger partial charge >= 0.3 is 0 Å². The normalized spacial score (nSPS) is 16.3. The number of furan rings is 1. The van der Waals surface area contributed by atoms with Crippen LogP contribution in [0.5, 0.6) is 5.75 Å². The number of anilines is 2. The third kappa shape index (κ3) is 2.54. The molecule has 126 valence electrons. The fourth-order valence-electron chi connectivity index (χ4n) is 3.13. The van der Waals surface area contributed by atoms with E-state index in [0.717, 1.165) is 11.4 Å². The highest BCUT2D eigenvalue weighted by molar-refractivity contribution is 6.12. The van der Waals surface area contributed by atoms with E-state index in [1.807, 2.05) is 67.6 Å². The lowest BCUT2D eigenvalue weighted by atomic mass is 10.1. The Bertz CT molecular complexity index is 932. The Hall–Kier alpha value is -3.21. The van der Waals surface area contributed by atoms with Gasteiger partial charge in [0.25, 0.3) is 5.91 Å². The third-order valence-corrected chi connectivity index (χ3v) is 4.30. The number of ether oxygens (including phenoxy) is 1. The number of carbonyl (C=O) groups excluding carboxylic acids is 1. The predicted octanol–water partition coefficient (Wildman–Crippen LogP) is 4.37. The topological polar surface area (TPSA) is 54.7 Å². The van der Waals surface area contributed by atoms with Gasteiger partial charge in [-0.25, -0.2) is 0 Å². The highest BCUT2D eigenvalue weighted by atomic mass is 16.5. The van der Waals surface area contributed by atoms with Crippen LogP contribution < -0.4 is 15.0 Å². The van der Waals surface area contributed by atoms with Crippen LogP contribution in [0.4, 0.5) is 11.4 Å². The second-order valence-corrected chi connectivity index (χ2v) is 5.89. The van der Waals surface area contributed by atoms with Gasteiger partial charge in [-0.15, -0.1) is 0 Å². The molecule has 0 unspecified atom stereocenters. The molecule has 0 saturated carbocycles. The van der Waals surface area contributed by atoms with Crippen LogP contribution >= 0.6 is 0 Å². The lowest BCUT2D eigenvalue weighted by Gasteiger charge is -2.37. The molecule has 0 spiro atoms. The fourth-order valence-corrected chi connectivity index (χ4v) is 3.13. The molecule has 25 heavy (non-hydrogen) atoms. The van der Waals surface area contributed by atoms with Gasteiger partial charge in [-0.2, -0.15) is 0 Å². The van der Waals surface area contributed by atoms with E-state index in [0.29, 0.717) is 22.8 Å². The van der Waals surface area contributed by atoms with Crippen LogP contribution in [0.15, 0.2) is 65.1 Å². The van der Waals surface area contributed by atoms with Crippen molar-refractivity contribution < 1.29 is 13.9 Å². The first kappa shape index (κ1) is 15.3. The van der Waals surface area contributed by atoms with Crippen molar-refractivity contribution in [3.63, 3.8) is 0 Å². The van der Waals surface area contributed by atoms with E-state index in [2.05, 4.69) is 5.32 Å². The van der Waals surface area contributed by atoms with Crippen molar-refractivity contribution in [1.82, 2.24) is 0 Å². The van der Waals surface area contributed by atoms with Gasteiger partial charge in [-0.3, -0.25) is 9.69 Å². The van der Waals surface area contributed by atoms with E-state index in [-0.39, 0.29) is 5.91 Å². The van der Waals surface area contributed by atoms with Crippen LogP contribution in [0.3, 0.4) is 0 Å². The van der Waals surface area contributed by atoms with Gasteiger partial charge in [0.2, 0.25) is 0 Å². The lowest BCUT2D eigenvalue weighted by Crippen LogP contribution is -2.43.